The first-order valence-corrected chi connectivity index (χ1v) is 8.84. The Balaban J connectivity index is 1.65. The van der Waals surface area contributed by atoms with Crippen molar-refractivity contribution in [1.29, 1.82) is 0 Å². The first kappa shape index (κ1) is 16.4. The predicted octanol–water partition coefficient (Wildman–Crippen LogP) is 3.76. The molecule has 0 spiro atoms. The maximum atomic E-state index is 11.9. The van der Waals surface area contributed by atoms with Crippen LogP contribution in [0.2, 0.25) is 0 Å². The van der Waals surface area contributed by atoms with Crippen LogP contribution in [0.25, 0.3) is 22.0 Å². The van der Waals surface area contributed by atoms with E-state index in [1.165, 1.54) is 6.08 Å². The number of phenolic OH excluding ortho intramolecular Hbond substituents is 1. The second-order valence-corrected chi connectivity index (χ2v) is 6.68. The fraction of sp³-hybridized carbons (Fsp3) is 0.238. The van der Waals surface area contributed by atoms with Crippen LogP contribution < -0.4 is 0 Å². The number of carbonyl (C=O) groups excluding carboxylic acids is 1. The molecule has 1 fully saturated rings. The van der Waals surface area contributed by atoms with Gasteiger partial charge in [0.25, 0.3) is 0 Å². The van der Waals surface area contributed by atoms with Crippen molar-refractivity contribution in [2.45, 2.75) is 18.9 Å². The lowest BCUT2D eigenvalue weighted by atomic mass is 10.0. The van der Waals surface area contributed by atoms with Crippen LogP contribution in [-0.2, 0) is 4.79 Å². The number of fused-ring (bicyclic) bond motifs is 1. The van der Waals surface area contributed by atoms with Gasteiger partial charge in [-0.3, -0.25) is 9.48 Å². The standard InChI is InChI=1S/C21H21N3O2/c1-2-21(26)23-11-5-6-17(14-23)24-13-16-10-9-15(12-19(16)22-24)18-7-3-4-8-20(18)25/h2-4,7-10,12-13,17,25H,1,5-6,11,14H2. The molecular weight excluding hydrogens is 326 g/mol. The Morgan fingerprint density at radius 3 is 2.92 bits per heavy atom. The number of rotatable bonds is 3. The summed E-state index contributed by atoms with van der Waals surface area (Å²) in [5.74, 6) is 0.241. The molecule has 1 N–H and O–H groups in total. The lowest BCUT2D eigenvalue weighted by Crippen LogP contribution is -2.39. The molecule has 0 saturated carbocycles. The molecule has 1 aliphatic heterocycles. The summed E-state index contributed by atoms with van der Waals surface area (Å²) in [6.45, 7) is 5.02. The molecule has 5 heteroatoms. The van der Waals surface area contributed by atoms with E-state index in [1.807, 2.05) is 52.2 Å². The topological polar surface area (TPSA) is 58.4 Å². The highest BCUT2D eigenvalue weighted by Crippen LogP contribution is 2.31. The molecule has 2 heterocycles. The van der Waals surface area contributed by atoms with E-state index < -0.39 is 0 Å². The molecule has 1 unspecified atom stereocenters. The molecule has 3 aromatic rings. The van der Waals surface area contributed by atoms with E-state index in [0.29, 0.717) is 6.54 Å². The van der Waals surface area contributed by atoms with Crippen LogP contribution in [0.5, 0.6) is 5.75 Å². The highest BCUT2D eigenvalue weighted by molar-refractivity contribution is 5.87. The van der Waals surface area contributed by atoms with Gasteiger partial charge in [-0.1, -0.05) is 36.9 Å². The molecule has 2 aromatic carbocycles. The van der Waals surface area contributed by atoms with Crippen molar-refractivity contribution in [1.82, 2.24) is 14.7 Å². The van der Waals surface area contributed by atoms with E-state index >= 15 is 0 Å². The Morgan fingerprint density at radius 1 is 1.27 bits per heavy atom. The second-order valence-electron chi connectivity index (χ2n) is 6.68. The average Bonchev–Trinajstić information content (AvgIpc) is 3.11. The van der Waals surface area contributed by atoms with Crippen LogP contribution in [-0.4, -0.2) is 38.8 Å². The fourth-order valence-electron chi connectivity index (χ4n) is 3.61. The van der Waals surface area contributed by atoms with Crippen molar-refractivity contribution >= 4 is 16.8 Å². The monoisotopic (exact) mass is 347 g/mol. The van der Waals surface area contributed by atoms with Crippen LogP contribution in [0.3, 0.4) is 0 Å². The number of nitrogens with zero attached hydrogens (tertiary/aromatic N) is 3. The molecule has 1 saturated heterocycles. The number of aromatic hydroxyl groups is 1. The van der Waals surface area contributed by atoms with Crippen LogP contribution in [0, 0.1) is 0 Å². The van der Waals surface area contributed by atoms with Crippen LogP contribution in [0.4, 0.5) is 0 Å². The fourth-order valence-corrected chi connectivity index (χ4v) is 3.61. The molecule has 1 atom stereocenters. The number of hydrogen-bond donors (Lipinski definition) is 1. The minimum absolute atomic E-state index is 0.0201. The third-order valence-electron chi connectivity index (χ3n) is 5.00. The number of carbonyl (C=O) groups is 1. The number of likely N-dealkylation sites (tertiary alicyclic amines) is 1. The number of amides is 1. The van der Waals surface area contributed by atoms with E-state index in [0.717, 1.165) is 41.4 Å². The highest BCUT2D eigenvalue weighted by Gasteiger charge is 2.24. The Labute approximate surface area is 152 Å². The lowest BCUT2D eigenvalue weighted by Gasteiger charge is -2.32. The van der Waals surface area contributed by atoms with Gasteiger partial charge in [0, 0.05) is 30.2 Å². The van der Waals surface area contributed by atoms with E-state index in [1.54, 1.807) is 6.07 Å². The van der Waals surface area contributed by atoms with E-state index in [9.17, 15) is 9.90 Å². The third kappa shape index (κ3) is 2.96. The largest absolute Gasteiger partial charge is 0.507 e. The third-order valence-corrected chi connectivity index (χ3v) is 5.00. The summed E-state index contributed by atoms with van der Waals surface area (Å²) in [4.78, 5) is 13.7. The molecule has 4 rings (SSSR count). The summed E-state index contributed by atoms with van der Waals surface area (Å²) in [6, 6.07) is 13.5. The number of para-hydroxylation sites is 1. The maximum Gasteiger partial charge on any atom is 0.246 e. The molecule has 26 heavy (non-hydrogen) atoms. The predicted molar refractivity (Wildman–Crippen MR) is 102 cm³/mol. The van der Waals surface area contributed by atoms with Gasteiger partial charge in [0.15, 0.2) is 0 Å². The lowest BCUT2D eigenvalue weighted by molar-refractivity contribution is -0.127. The van der Waals surface area contributed by atoms with Gasteiger partial charge >= 0.3 is 0 Å². The number of hydrogen-bond acceptors (Lipinski definition) is 3. The van der Waals surface area contributed by atoms with Crippen molar-refractivity contribution in [3.63, 3.8) is 0 Å². The van der Waals surface area contributed by atoms with Crippen LogP contribution >= 0.6 is 0 Å². The zero-order valence-corrected chi connectivity index (χ0v) is 14.5. The summed E-state index contributed by atoms with van der Waals surface area (Å²) < 4.78 is 1.97. The molecule has 132 valence electrons. The Bertz CT molecular complexity index is 976. The van der Waals surface area contributed by atoms with Crippen molar-refractivity contribution in [2.24, 2.45) is 0 Å². The zero-order chi connectivity index (χ0) is 18.1. The SMILES string of the molecule is C=CC(=O)N1CCCC(n2cc3ccc(-c4ccccc4O)cc3n2)C1. The number of benzene rings is 2. The van der Waals surface area contributed by atoms with Gasteiger partial charge in [-0.15, -0.1) is 0 Å². The molecule has 1 aliphatic rings. The smallest absolute Gasteiger partial charge is 0.246 e. The van der Waals surface area contributed by atoms with E-state index in [2.05, 4.69) is 6.58 Å². The van der Waals surface area contributed by atoms with Gasteiger partial charge < -0.3 is 10.0 Å². The van der Waals surface area contributed by atoms with Crippen molar-refractivity contribution in [3.8, 4) is 16.9 Å². The molecule has 1 aromatic heterocycles. The van der Waals surface area contributed by atoms with Gasteiger partial charge in [-0.2, -0.15) is 5.10 Å². The minimum atomic E-state index is -0.0201. The molecule has 1 amide bonds. The Hall–Kier alpha value is -3.08. The molecule has 5 nitrogen and oxygen atoms in total. The van der Waals surface area contributed by atoms with Crippen LogP contribution in [0.15, 0.2) is 61.3 Å². The van der Waals surface area contributed by atoms with Gasteiger partial charge in [-0.25, -0.2) is 0 Å². The number of piperidine rings is 1. The summed E-state index contributed by atoms with van der Waals surface area (Å²) in [5, 5.41) is 15.9. The first-order chi connectivity index (χ1) is 12.7. The quantitative estimate of drug-likeness (QED) is 0.734. The van der Waals surface area contributed by atoms with Crippen molar-refractivity contribution in [2.75, 3.05) is 13.1 Å². The van der Waals surface area contributed by atoms with E-state index in [4.69, 9.17) is 5.10 Å². The summed E-state index contributed by atoms with van der Waals surface area (Å²) in [5.41, 5.74) is 2.62. The normalized spacial score (nSPS) is 17.4. The number of aromatic nitrogens is 2. The summed E-state index contributed by atoms with van der Waals surface area (Å²) in [7, 11) is 0. The van der Waals surface area contributed by atoms with Gasteiger partial charge in [0.05, 0.1) is 11.6 Å². The highest BCUT2D eigenvalue weighted by atomic mass is 16.3. The second kappa shape index (κ2) is 6.67. The molecular formula is C21H21N3O2. The summed E-state index contributed by atoms with van der Waals surface area (Å²) in [6.07, 6.45) is 5.38. The molecule has 0 aliphatic carbocycles. The van der Waals surface area contributed by atoms with Gasteiger partial charge in [0.2, 0.25) is 5.91 Å². The first-order valence-electron chi connectivity index (χ1n) is 8.84. The maximum absolute atomic E-state index is 11.9. The Kier molecular flexibility index (Phi) is 4.21. The zero-order valence-electron chi connectivity index (χ0n) is 14.5. The van der Waals surface area contributed by atoms with Gasteiger partial charge in [0.1, 0.15) is 5.75 Å². The molecule has 0 radical (unpaired) electrons. The van der Waals surface area contributed by atoms with Crippen molar-refractivity contribution in [3.05, 3.63) is 61.3 Å². The minimum Gasteiger partial charge on any atom is -0.507 e. The van der Waals surface area contributed by atoms with Crippen molar-refractivity contribution < 1.29 is 9.90 Å². The summed E-state index contributed by atoms with van der Waals surface area (Å²) >= 11 is 0. The molecule has 0 bridgehead atoms. The van der Waals surface area contributed by atoms with Crippen LogP contribution in [0.1, 0.15) is 18.9 Å². The Morgan fingerprint density at radius 2 is 2.12 bits per heavy atom. The van der Waals surface area contributed by atoms with Gasteiger partial charge in [-0.05, 0) is 36.6 Å². The number of phenols is 1. The average molecular weight is 347 g/mol. The van der Waals surface area contributed by atoms with E-state index in [-0.39, 0.29) is 17.7 Å².